The lowest BCUT2D eigenvalue weighted by Crippen LogP contribution is -2.08. The molecule has 0 aliphatic heterocycles. The molecule has 20 heavy (non-hydrogen) atoms. The third-order valence-electron chi connectivity index (χ3n) is 2.98. The number of pyridine rings is 1. The van der Waals surface area contributed by atoms with Crippen LogP contribution in [0.2, 0.25) is 0 Å². The SMILES string of the molecule is Cc1cc(C)c(C(=O)O)c(Nc2ccc(F)c(C)c2)n1. The van der Waals surface area contributed by atoms with E-state index in [4.69, 9.17) is 0 Å². The van der Waals surface area contributed by atoms with Crippen LogP contribution in [0.1, 0.15) is 27.2 Å². The van der Waals surface area contributed by atoms with Crippen molar-refractivity contribution in [2.24, 2.45) is 0 Å². The summed E-state index contributed by atoms with van der Waals surface area (Å²) in [6.45, 7) is 5.16. The van der Waals surface area contributed by atoms with Gasteiger partial charge in [0.2, 0.25) is 0 Å². The van der Waals surface area contributed by atoms with Crippen molar-refractivity contribution in [2.75, 3.05) is 5.32 Å². The van der Waals surface area contributed by atoms with Gasteiger partial charge in [0.15, 0.2) is 0 Å². The highest BCUT2D eigenvalue weighted by Gasteiger charge is 2.16. The summed E-state index contributed by atoms with van der Waals surface area (Å²) in [6.07, 6.45) is 0. The number of rotatable bonds is 3. The fourth-order valence-electron chi connectivity index (χ4n) is 2.06. The molecular weight excluding hydrogens is 259 g/mol. The van der Waals surface area contributed by atoms with Crippen LogP contribution in [0.3, 0.4) is 0 Å². The number of aromatic nitrogens is 1. The minimum atomic E-state index is -1.05. The van der Waals surface area contributed by atoms with Crippen molar-refractivity contribution < 1.29 is 14.3 Å². The second-order valence-electron chi connectivity index (χ2n) is 4.70. The van der Waals surface area contributed by atoms with Crippen molar-refractivity contribution in [3.63, 3.8) is 0 Å². The number of nitrogens with one attached hydrogen (secondary N) is 1. The Balaban J connectivity index is 2.47. The molecule has 0 bridgehead atoms. The Morgan fingerprint density at radius 2 is 1.90 bits per heavy atom. The number of benzene rings is 1. The van der Waals surface area contributed by atoms with Crippen molar-refractivity contribution in [3.8, 4) is 0 Å². The number of carboxylic acids is 1. The van der Waals surface area contributed by atoms with E-state index in [1.54, 1.807) is 39.0 Å². The van der Waals surface area contributed by atoms with Gasteiger partial charge in [-0.15, -0.1) is 0 Å². The molecule has 0 unspecified atom stereocenters. The van der Waals surface area contributed by atoms with Gasteiger partial charge in [-0.25, -0.2) is 14.2 Å². The summed E-state index contributed by atoms with van der Waals surface area (Å²) in [5.41, 5.74) is 2.55. The second-order valence-corrected chi connectivity index (χ2v) is 4.70. The Bertz CT molecular complexity index is 684. The van der Waals surface area contributed by atoms with Crippen molar-refractivity contribution in [1.29, 1.82) is 0 Å². The smallest absolute Gasteiger partial charge is 0.339 e. The molecule has 5 heteroatoms. The molecular formula is C15H15FN2O2. The molecule has 2 N–H and O–H groups in total. The molecule has 1 aromatic heterocycles. The fraction of sp³-hybridized carbons (Fsp3) is 0.200. The molecule has 0 atom stereocenters. The minimum absolute atomic E-state index is 0.123. The Morgan fingerprint density at radius 1 is 1.20 bits per heavy atom. The highest BCUT2D eigenvalue weighted by atomic mass is 19.1. The summed E-state index contributed by atoms with van der Waals surface area (Å²) in [5, 5.41) is 12.2. The number of hydrogen-bond donors (Lipinski definition) is 2. The maximum Gasteiger partial charge on any atom is 0.339 e. The molecule has 2 aromatic rings. The molecule has 0 amide bonds. The number of anilines is 2. The first-order valence-electron chi connectivity index (χ1n) is 6.13. The predicted octanol–water partition coefficient (Wildman–Crippen LogP) is 3.59. The first-order chi connectivity index (χ1) is 9.38. The molecule has 4 nitrogen and oxygen atoms in total. The lowest BCUT2D eigenvalue weighted by Gasteiger charge is -2.12. The standard InChI is InChI=1S/C15H15FN2O2/c1-8-7-11(4-5-12(8)16)18-14-13(15(19)20)9(2)6-10(3)17-14/h4-7H,1-3H3,(H,17,18)(H,19,20). The Morgan fingerprint density at radius 3 is 2.50 bits per heavy atom. The predicted molar refractivity (Wildman–Crippen MR) is 75.1 cm³/mol. The van der Waals surface area contributed by atoms with Gasteiger partial charge in [0.1, 0.15) is 17.2 Å². The van der Waals surface area contributed by atoms with Crippen molar-refractivity contribution in [3.05, 3.63) is 52.5 Å². The molecule has 2 rings (SSSR count). The van der Waals surface area contributed by atoms with Gasteiger partial charge < -0.3 is 10.4 Å². The number of nitrogens with zero attached hydrogens (tertiary/aromatic N) is 1. The van der Waals surface area contributed by atoms with E-state index < -0.39 is 5.97 Å². The second kappa shape index (κ2) is 5.28. The van der Waals surface area contributed by atoms with Gasteiger partial charge in [-0.1, -0.05) is 0 Å². The van der Waals surface area contributed by atoms with E-state index in [2.05, 4.69) is 10.3 Å². The van der Waals surface area contributed by atoms with Gasteiger partial charge in [-0.3, -0.25) is 0 Å². The van der Waals surface area contributed by atoms with Crippen molar-refractivity contribution >= 4 is 17.5 Å². The lowest BCUT2D eigenvalue weighted by molar-refractivity contribution is 0.0697. The zero-order chi connectivity index (χ0) is 14.9. The number of halogens is 1. The average molecular weight is 274 g/mol. The summed E-state index contributed by atoms with van der Waals surface area (Å²) < 4.78 is 13.2. The van der Waals surface area contributed by atoms with E-state index in [0.29, 0.717) is 22.5 Å². The van der Waals surface area contributed by atoms with Crippen LogP contribution in [0.5, 0.6) is 0 Å². The fourth-order valence-corrected chi connectivity index (χ4v) is 2.06. The molecule has 0 aliphatic carbocycles. The Hall–Kier alpha value is -2.43. The van der Waals surface area contributed by atoms with E-state index in [0.717, 1.165) is 0 Å². The zero-order valence-corrected chi connectivity index (χ0v) is 11.5. The molecule has 0 aliphatic rings. The first kappa shape index (κ1) is 14.0. The lowest BCUT2D eigenvalue weighted by atomic mass is 10.1. The van der Waals surface area contributed by atoms with Gasteiger partial charge in [0.25, 0.3) is 0 Å². The van der Waals surface area contributed by atoms with Crippen LogP contribution < -0.4 is 5.32 Å². The summed E-state index contributed by atoms with van der Waals surface area (Å²) in [7, 11) is 0. The quantitative estimate of drug-likeness (QED) is 0.897. The van der Waals surface area contributed by atoms with Crippen LogP contribution in [0, 0.1) is 26.6 Å². The number of carbonyl (C=O) groups is 1. The third kappa shape index (κ3) is 2.77. The molecule has 0 radical (unpaired) electrons. The third-order valence-corrected chi connectivity index (χ3v) is 2.98. The van der Waals surface area contributed by atoms with Crippen LogP contribution in [-0.2, 0) is 0 Å². The maximum atomic E-state index is 13.2. The van der Waals surface area contributed by atoms with E-state index in [1.165, 1.54) is 6.07 Å². The number of carboxylic acid groups (broad SMARTS) is 1. The van der Waals surface area contributed by atoms with Gasteiger partial charge in [0.05, 0.1) is 0 Å². The van der Waals surface area contributed by atoms with Crippen LogP contribution in [0.15, 0.2) is 24.3 Å². The van der Waals surface area contributed by atoms with E-state index >= 15 is 0 Å². The first-order valence-corrected chi connectivity index (χ1v) is 6.13. The number of aryl methyl sites for hydroxylation is 3. The van der Waals surface area contributed by atoms with E-state index in [-0.39, 0.29) is 17.2 Å². The summed E-state index contributed by atoms with van der Waals surface area (Å²) >= 11 is 0. The topological polar surface area (TPSA) is 62.2 Å². The zero-order valence-electron chi connectivity index (χ0n) is 11.5. The van der Waals surface area contributed by atoms with Gasteiger partial charge in [-0.2, -0.15) is 0 Å². The molecule has 0 spiro atoms. The molecule has 0 saturated carbocycles. The van der Waals surface area contributed by atoms with Gasteiger partial charge >= 0.3 is 5.97 Å². The van der Waals surface area contributed by atoms with Crippen LogP contribution >= 0.6 is 0 Å². The molecule has 1 heterocycles. The highest BCUT2D eigenvalue weighted by Crippen LogP contribution is 2.24. The van der Waals surface area contributed by atoms with Crippen LogP contribution in [0.25, 0.3) is 0 Å². The van der Waals surface area contributed by atoms with Gasteiger partial charge in [0, 0.05) is 11.4 Å². The number of aromatic carboxylic acids is 1. The Labute approximate surface area is 116 Å². The van der Waals surface area contributed by atoms with Crippen LogP contribution in [0.4, 0.5) is 15.9 Å². The van der Waals surface area contributed by atoms with Crippen LogP contribution in [-0.4, -0.2) is 16.1 Å². The average Bonchev–Trinajstić information content (AvgIpc) is 2.32. The molecule has 1 aromatic carbocycles. The highest BCUT2D eigenvalue weighted by molar-refractivity contribution is 5.95. The molecule has 104 valence electrons. The van der Waals surface area contributed by atoms with Crippen molar-refractivity contribution in [2.45, 2.75) is 20.8 Å². The summed E-state index contributed by atoms with van der Waals surface area (Å²) in [5.74, 6) is -1.08. The molecule has 0 saturated heterocycles. The monoisotopic (exact) mass is 274 g/mol. The summed E-state index contributed by atoms with van der Waals surface area (Å²) in [6, 6.07) is 6.21. The largest absolute Gasteiger partial charge is 0.478 e. The maximum absolute atomic E-state index is 13.2. The van der Waals surface area contributed by atoms with E-state index in [9.17, 15) is 14.3 Å². The number of hydrogen-bond acceptors (Lipinski definition) is 3. The minimum Gasteiger partial charge on any atom is -0.478 e. The normalized spacial score (nSPS) is 10.4. The Kier molecular flexibility index (Phi) is 3.70. The molecule has 0 fully saturated rings. The van der Waals surface area contributed by atoms with Crippen molar-refractivity contribution in [1.82, 2.24) is 4.98 Å². The van der Waals surface area contributed by atoms with Gasteiger partial charge in [-0.05, 0) is 56.2 Å². The van der Waals surface area contributed by atoms with E-state index in [1.807, 2.05) is 0 Å². The summed E-state index contributed by atoms with van der Waals surface area (Å²) in [4.78, 5) is 15.5.